The molecule has 0 radical (unpaired) electrons. The summed E-state index contributed by atoms with van der Waals surface area (Å²) in [4.78, 5) is 36.6. The van der Waals surface area contributed by atoms with Crippen LogP contribution in [-0.4, -0.2) is 30.8 Å². The van der Waals surface area contributed by atoms with Gasteiger partial charge >= 0.3 is 5.97 Å². The van der Waals surface area contributed by atoms with Crippen LogP contribution in [0, 0.1) is 0 Å². The van der Waals surface area contributed by atoms with E-state index in [1.54, 1.807) is 36.4 Å². The molecule has 1 N–H and O–H groups in total. The summed E-state index contributed by atoms with van der Waals surface area (Å²) in [5, 5.41) is 2.77. The van der Waals surface area contributed by atoms with E-state index >= 15 is 0 Å². The van der Waals surface area contributed by atoms with Gasteiger partial charge in [-0.3, -0.25) is 9.59 Å². The number of ether oxygens (including phenoxy) is 1. The fraction of sp³-hybridized carbons (Fsp3) is 0.160. The Morgan fingerprint density at radius 1 is 0.767 bits per heavy atom. The van der Waals surface area contributed by atoms with Crippen molar-refractivity contribution in [3.05, 3.63) is 107 Å². The standard InChI is InChI=1S/C25H23NO4/c1-18(19-8-4-2-5-9-19)16-26-23(27)17-30-25(29)22-14-12-21(13-15-22)24(28)20-10-6-3-7-11-20/h2-15,18H,16-17H2,1H3,(H,26,27)/t18-/m0/s1. The van der Waals surface area contributed by atoms with Crippen LogP contribution in [0.15, 0.2) is 84.9 Å². The summed E-state index contributed by atoms with van der Waals surface area (Å²) >= 11 is 0. The Morgan fingerprint density at radius 3 is 1.93 bits per heavy atom. The SMILES string of the molecule is C[C@@H](CNC(=O)COC(=O)c1ccc(C(=O)c2ccccc2)cc1)c1ccccc1. The van der Waals surface area contributed by atoms with Gasteiger partial charge in [-0.05, 0) is 23.6 Å². The first kappa shape index (κ1) is 21.0. The van der Waals surface area contributed by atoms with Gasteiger partial charge in [0.1, 0.15) is 0 Å². The molecule has 1 atom stereocenters. The summed E-state index contributed by atoms with van der Waals surface area (Å²) in [7, 11) is 0. The van der Waals surface area contributed by atoms with E-state index in [1.165, 1.54) is 12.1 Å². The second-order valence-corrected chi connectivity index (χ2v) is 6.96. The summed E-state index contributed by atoms with van der Waals surface area (Å²) in [6, 6.07) is 25.0. The fourth-order valence-corrected chi connectivity index (χ4v) is 2.95. The molecule has 0 aliphatic rings. The first-order valence-electron chi connectivity index (χ1n) is 9.73. The molecule has 3 aromatic rings. The van der Waals surface area contributed by atoms with E-state index in [2.05, 4.69) is 5.32 Å². The zero-order valence-corrected chi connectivity index (χ0v) is 16.7. The number of hydrogen-bond donors (Lipinski definition) is 1. The number of esters is 1. The number of rotatable bonds is 8. The molecule has 5 heteroatoms. The summed E-state index contributed by atoms with van der Waals surface area (Å²) in [6.45, 7) is 2.11. The summed E-state index contributed by atoms with van der Waals surface area (Å²) in [6.07, 6.45) is 0. The minimum absolute atomic E-state index is 0.123. The van der Waals surface area contributed by atoms with Crippen LogP contribution in [0.4, 0.5) is 0 Å². The third kappa shape index (κ3) is 5.64. The van der Waals surface area contributed by atoms with Gasteiger partial charge in [0.15, 0.2) is 12.4 Å². The van der Waals surface area contributed by atoms with Crippen molar-refractivity contribution >= 4 is 17.7 Å². The Morgan fingerprint density at radius 2 is 1.30 bits per heavy atom. The molecule has 1 amide bonds. The van der Waals surface area contributed by atoms with Gasteiger partial charge in [-0.2, -0.15) is 0 Å². The van der Waals surface area contributed by atoms with Crippen molar-refractivity contribution in [2.75, 3.05) is 13.2 Å². The maximum absolute atomic E-state index is 12.4. The van der Waals surface area contributed by atoms with Crippen LogP contribution in [0.1, 0.15) is 44.7 Å². The molecular formula is C25H23NO4. The number of ketones is 1. The van der Waals surface area contributed by atoms with Crippen LogP contribution in [0.3, 0.4) is 0 Å². The Kier molecular flexibility index (Phi) is 7.11. The molecule has 3 aromatic carbocycles. The monoisotopic (exact) mass is 401 g/mol. The smallest absolute Gasteiger partial charge is 0.338 e. The highest BCUT2D eigenvalue weighted by molar-refractivity contribution is 6.09. The molecule has 3 rings (SSSR count). The normalized spacial score (nSPS) is 11.4. The van der Waals surface area contributed by atoms with Crippen molar-refractivity contribution in [1.29, 1.82) is 0 Å². The molecule has 0 bridgehead atoms. The highest BCUT2D eigenvalue weighted by Crippen LogP contribution is 2.13. The van der Waals surface area contributed by atoms with Crippen LogP contribution in [0.5, 0.6) is 0 Å². The lowest BCUT2D eigenvalue weighted by Gasteiger charge is -2.13. The van der Waals surface area contributed by atoms with Gasteiger partial charge < -0.3 is 10.1 Å². The Labute approximate surface area is 175 Å². The second-order valence-electron chi connectivity index (χ2n) is 6.96. The predicted octanol–water partition coefficient (Wildman–Crippen LogP) is 3.99. The number of nitrogens with one attached hydrogen (secondary N) is 1. The molecule has 0 fully saturated rings. The first-order valence-corrected chi connectivity index (χ1v) is 9.73. The van der Waals surface area contributed by atoms with Gasteiger partial charge in [0.2, 0.25) is 0 Å². The molecule has 0 aliphatic heterocycles. The van der Waals surface area contributed by atoms with E-state index < -0.39 is 5.97 Å². The van der Waals surface area contributed by atoms with Gasteiger partial charge in [0.05, 0.1) is 5.56 Å². The van der Waals surface area contributed by atoms with Crippen LogP contribution in [-0.2, 0) is 9.53 Å². The van der Waals surface area contributed by atoms with Crippen molar-refractivity contribution in [1.82, 2.24) is 5.32 Å². The zero-order chi connectivity index (χ0) is 21.3. The highest BCUT2D eigenvalue weighted by atomic mass is 16.5. The van der Waals surface area contributed by atoms with Gasteiger partial charge in [0.25, 0.3) is 5.91 Å². The van der Waals surface area contributed by atoms with Crippen molar-refractivity contribution < 1.29 is 19.1 Å². The van der Waals surface area contributed by atoms with E-state index in [1.807, 2.05) is 43.3 Å². The number of hydrogen-bond acceptors (Lipinski definition) is 4. The van der Waals surface area contributed by atoms with Crippen LogP contribution >= 0.6 is 0 Å². The van der Waals surface area contributed by atoms with Crippen molar-refractivity contribution in [3.63, 3.8) is 0 Å². The van der Waals surface area contributed by atoms with Gasteiger partial charge in [-0.1, -0.05) is 79.7 Å². The molecule has 0 saturated carbocycles. The number of benzene rings is 3. The lowest BCUT2D eigenvalue weighted by molar-refractivity contribution is -0.124. The molecule has 0 unspecified atom stereocenters. The third-order valence-corrected chi connectivity index (χ3v) is 4.73. The Balaban J connectivity index is 1.47. The fourth-order valence-electron chi connectivity index (χ4n) is 2.95. The Bertz CT molecular complexity index is 998. The van der Waals surface area contributed by atoms with Gasteiger partial charge in [-0.15, -0.1) is 0 Å². The molecule has 30 heavy (non-hydrogen) atoms. The zero-order valence-electron chi connectivity index (χ0n) is 16.7. The third-order valence-electron chi connectivity index (χ3n) is 4.73. The van der Waals surface area contributed by atoms with E-state index in [0.29, 0.717) is 17.7 Å². The topological polar surface area (TPSA) is 72.5 Å². The van der Waals surface area contributed by atoms with Crippen molar-refractivity contribution in [2.45, 2.75) is 12.8 Å². The molecule has 0 aromatic heterocycles. The quantitative estimate of drug-likeness (QED) is 0.458. The summed E-state index contributed by atoms with van der Waals surface area (Å²) in [5.74, 6) is -0.940. The van der Waals surface area contributed by atoms with Crippen LogP contribution in [0.2, 0.25) is 0 Å². The van der Waals surface area contributed by atoms with Gasteiger partial charge in [0, 0.05) is 17.7 Å². The molecule has 0 aliphatic carbocycles. The van der Waals surface area contributed by atoms with E-state index in [4.69, 9.17) is 4.74 Å². The van der Waals surface area contributed by atoms with Crippen molar-refractivity contribution in [3.8, 4) is 0 Å². The van der Waals surface area contributed by atoms with Gasteiger partial charge in [-0.25, -0.2) is 4.79 Å². The first-order chi connectivity index (χ1) is 14.5. The summed E-state index contributed by atoms with van der Waals surface area (Å²) < 4.78 is 5.08. The number of carbonyl (C=O) groups excluding carboxylic acids is 3. The van der Waals surface area contributed by atoms with Crippen molar-refractivity contribution in [2.24, 2.45) is 0 Å². The second kappa shape index (κ2) is 10.2. The molecule has 0 saturated heterocycles. The lowest BCUT2D eigenvalue weighted by atomic mass is 10.0. The average molecular weight is 401 g/mol. The predicted molar refractivity (Wildman–Crippen MR) is 114 cm³/mol. The highest BCUT2D eigenvalue weighted by Gasteiger charge is 2.13. The molecule has 0 spiro atoms. The maximum Gasteiger partial charge on any atom is 0.338 e. The molecule has 0 heterocycles. The van der Waals surface area contributed by atoms with E-state index in [9.17, 15) is 14.4 Å². The van der Waals surface area contributed by atoms with Crippen LogP contribution < -0.4 is 5.32 Å². The Hall–Kier alpha value is -3.73. The molecular weight excluding hydrogens is 378 g/mol. The van der Waals surface area contributed by atoms with E-state index in [-0.39, 0.29) is 29.8 Å². The minimum Gasteiger partial charge on any atom is -0.452 e. The maximum atomic E-state index is 12.4. The molecule has 5 nitrogen and oxygen atoms in total. The average Bonchev–Trinajstić information content (AvgIpc) is 2.81. The summed E-state index contributed by atoms with van der Waals surface area (Å²) in [5.41, 5.74) is 2.46. The minimum atomic E-state index is -0.611. The number of carbonyl (C=O) groups is 3. The van der Waals surface area contributed by atoms with Crippen LogP contribution in [0.25, 0.3) is 0 Å². The number of amides is 1. The molecule has 152 valence electrons. The lowest BCUT2D eigenvalue weighted by Crippen LogP contribution is -2.31. The van der Waals surface area contributed by atoms with E-state index in [0.717, 1.165) is 5.56 Å². The largest absolute Gasteiger partial charge is 0.452 e.